The molecule has 2 aliphatic heterocycles. The molecule has 26 heavy (non-hydrogen) atoms. The topological polar surface area (TPSA) is 57.7 Å². The summed E-state index contributed by atoms with van der Waals surface area (Å²) in [4.78, 5) is 38.3. The van der Waals surface area contributed by atoms with Crippen LogP contribution in [0, 0.1) is 0 Å². The molecule has 0 saturated carbocycles. The summed E-state index contributed by atoms with van der Waals surface area (Å²) in [5.41, 5.74) is 1.23. The Morgan fingerprint density at radius 1 is 0.885 bits per heavy atom. The Bertz CT molecular complexity index is 1000. The van der Waals surface area contributed by atoms with E-state index in [1.807, 2.05) is 0 Å². The number of hydrazine groups is 1. The molecule has 8 heteroatoms. The van der Waals surface area contributed by atoms with E-state index in [-0.39, 0.29) is 15.4 Å². The van der Waals surface area contributed by atoms with Crippen molar-refractivity contribution in [3.63, 3.8) is 0 Å². The van der Waals surface area contributed by atoms with Crippen LogP contribution in [0.25, 0.3) is 6.08 Å². The van der Waals surface area contributed by atoms with Crippen LogP contribution in [0.2, 0.25) is 5.02 Å². The molecule has 4 rings (SSSR count). The number of benzene rings is 2. The molecule has 2 aromatic carbocycles. The van der Waals surface area contributed by atoms with Crippen LogP contribution in [0.3, 0.4) is 0 Å². The van der Waals surface area contributed by atoms with Gasteiger partial charge >= 0.3 is 0 Å². The zero-order valence-electron chi connectivity index (χ0n) is 13.0. The van der Waals surface area contributed by atoms with E-state index in [2.05, 4.69) is 0 Å². The summed E-state index contributed by atoms with van der Waals surface area (Å²) in [6.45, 7) is 0. The third-order valence-corrected chi connectivity index (χ3v) is 5.41. The Kier molecular flexibility index (Phi) is 4.14. The molecular weight excluding hydrogens is 392 g/mol. The number of hydrogen-bond acceptors (Lipinski definition) is 5. The van der Waals surface area contributed by atoms with Crippen molar-refractivity contribution in [2.75, 3.05) is 0 Å². The molecule has 0 radical (unpaired) electrons. The average molecular weight is 401 g/mol. The van der Waals surface area contributed by atoms with E-state index < -0.39 is 17.7 Å². The fraction of sp³-hybridized carbons (Fsp3) is 0. The van der Waals surface area contributed by atoms with Gasteiger partial charge in [-0.3, -0.25) is 14.4 Å². The maximum atomic E-state index is 12.8. The zero-order valence-corrected chi connectivity index (χ0v) is 15.4. The van der Waals surface area contributed by atoms with Crippen molar-refractivity contribution in [1.29, 1.82) is 0 Å². The minimum atomic E-state index is -0.564. The normalized spacial score (nSPS) is 18.3. The van der Waals surface area contributed by atoms with E-state index in [4.69, 9.17) is 23.8 Å². The van der Waals surface area contributed by atoms with Crippen LogP contribution in [0.15, 0.2) is 53.4 Å². The van der Waals surface area contributed by atoms with Gasteiger partial charge in [0.2, 0.25) is 0 Å². The van der Waals surface area contributed by atoms with Crippen LogP contribution in [0.5, 0.6) is 0 Å². The molecule has 0 unspecified atom stereocenters. The number of carbonyl (C=O) groups excluding carboxylic acids is 3. The van der Waals surface area contributed by atoms with Crippen LogP contribution < -0.4 is 0 Å². The smallest absolute Gasteiger partial charge is 0.267 e. The quantitative estimate of drug-likeness (QED) is 0.436. The van der Waals surface area contributed by atoms with Gasteiger partial charge in [0, 0.05) is 5.02 Å². The van der Waals surface area contributed by atoms with Crippen LogP contribution >= 0.6 is 35.6 Å². The zero-order chi connectivity index (χ0) is 18.4. The molecular formula is C18H9ClN2O3S2. The summed E-state index contributed by atoms with van der Waals surface area (Å²) in [5.74, 6) is -1.65. The lowest BCUT2D eigenvalue weighted by Gasteiger charge is -2.23. The highest BCUT2D eigenvalue weighted by atomic mass is 35.5. The number of thioether (sulfide) groups is 1. The lowest BCUT2D eigenvalue weighted by molar-refractivity contribution is -0.128. The van der Waals surface area contributed by atoms with Crippen molar-refractivity contribution < 1.29 is 14.4 Å². The molecule has 0 aliphatic carbocycles. The van der Waals surface area contributed by atoms with E-state index in [0.29, 0.717) is 9.93 Å². The first kappa shape index (κ1) is 17.0. The van der Waals surface area contributed by atoms with E-state index in [9.17, 15) is 14.4 Å². The number of hydrogen-bond donors (Lipinski definition) is 0. The van der Waals surface area contributed by atoms with Gasteiger partial charge in [-0.15, -0.1) is 0 Å². The Labute approximate surface area is 163 Å². The maximum absolute atomic E-state index is 12.8. The number of fused-ring (bicyclic) bond motifs is 1. The van der Waals surface area contributed by atoms with Gasteiger partial charge in [0.1, 0.15) is 0 Å². The van der Waals surface area contributed by atoms with Gasteiger partial charge in [0.15, 0.2) is 4.32 Å². The van der Waals surface area contributed by atoms with Gasteiger partial charge in [-0.05, 0) is 48.1 Å². The van der Waals surface area contributed by atoms with Crippen molar-refractivity contribution in [1.82, 2.24) is 10.0 Å². The van der Waals surface area contributed by atoms with Crippen LogP contribution in [-0.2, 0) is 4.79 Å². The standard InChI is InChI=1S/C18H9ClN2O3S2/c19-11-5-3-4-10(8-11)9-14-17(24)21(18(25)26-14)20-15(22)12-6-1-2-7-13(12)16(20)23/h1-9H. The number of nitrogens with zero attached hydrogens (tertiary/aromatic N) is 2. The summed E-state index contributed by atoms with van der Waals surface area (Å²) in [6, 6.07) is 13.4. The van der Waals surface area contributed by atoms with Gasteiger partial charge in [-0.25, -0.2) is 0 Å². The van der Waals surface area contributed by atoms with Crippen molar-refractivity contribution in [3.05, 3.63) is 75.1 Å². The Hall–Kier alpha value is -2.48. The predicted octanol–water partition coefficient (Wildman–Crippen LogP) is 3.75. The first-order chi connectivity index (χ1) is 12.5. The second-order valence-corrected chi connectivity index (χ2v) is 7.63. The molecule has 128 valence electrons. The first-order valence-electron chi connectivity index (χ1n) is 7.48. The second kappa shape index (κ2) is 6.35. The Morgan fingerprint density at radius 3 is 2.15 bits per heavy atom. The van der Waals surface area contributed by atoms with Gasteiger partial charge in [-0.2, -0.15) is 10.0 Å². The number of imide groups is 1. The summed E-state index contributed by atoms with van der Waals surface area (Å²) < 4.78 is 0.123. The maximum Gasteiger partial charge on any atom is 0.285 e. The molecule has 2 aliphatic rings. The van der Waals surface area contributed by atoms with E-state index >= 15 is 0 Å². The van der Waals surface area contributed by atoms with Crippen molar-refractivity contribution in [2.45, 2.75) is 0 Å². The molecule has 0 spiro atoms. The van der Waals surface area contributed by atoms with Crippen LogP contribution in [0.4, 0.5) is 0 Å². The summed E-state index contributed by atoms with van der Waals surface area (Å²) >= 11 is 12.2. The van der Waals surface area contributed by atoms with Crippen molar-refractivity contribution in [2.24, 2.45) is 0 Å². The van der Waals surface area contributed by atoms with Gasteiger partial charge in [-0.1, -0.05) is 47.6 Å². The average Bonchev–Trinajstić information content (AvgIpc) is 3.02. The van der Waals surface area contributed by atoms with E-state index in [1.54, 1.807) is 54.6 Å². The molecule has 0 aromatic heterocycles. The first-order valence-corrected chi connectivity index (χ1v) is 9.09. The monoisotopic (exact) mass is 400 g/mol. The van der Waals surface area contributed by atoms with Crippen LogP contribution in [0.1, 0.15) is 26.3 Å². The highest BCUT2D eigenvalue weighted by Gasteiger charge is 2.46. The molecule has 5 nitrogen and oxygen atoms in total. The molecule has 0 N–H and O–H groups in total. The minimum absolute atomic E-state index is 0.123. The highest BCUT2D eigenvalue weighted by molar-refractivity contribution is 8.26. The number of halogens is 1. The molecule has 1 fully saturated rings. The fourth-order valence-electron chi connectivity index (χ4n) is 2.74. The van der Waals surface area contributed by atoms with Gasteiger partial charge < -0.3 is 0 Å². The van der Waals surface area contributed by atoms with Crippen LogP contribution in [-0.4, -0.2) is 32.1 Å². The molecule has 2 heterocycles. The SMILES string of the molecule is O=C1C(=Cc2cccc(Cl)c2)SC(=S)N1N1C(=O)c2ccccc2C1=O. The number of amides is 3. The second-order valence-electron chi connectivity index (χ2n) is 5.52. The lowest BCUT2D eigenvalue weighted by Crippen LogP contribution is -2.48. The Balaban J connectivity index is 1.69. The molecule has 2 aromatic rings. The summed E-state index contributed by atoms with van der Waals surface area (Å²) in [5, 5.41) is 2.30. The number of thiocarbonyl (C=S) groups is 1. The molecule has 0 bridgehead atoms. The van der Waals surface area contributed by atoms with Crippen molar-refractivity contribution in [3.8, 4) is 0 Å². The highest BCUT2D eigenvalue weighted by Crippen LogP contribution is 2.36. The largest absolute Gasteiger partial charge is 0.285 e. The number of carbonyl (C=O) groups is 3. The lowest BCUT2D eigenvalue weighted by atomic mass is 10.1. The third kappa shape index (κ3) is 2.65. The minimum Gasteiger partial charge on any atom is -0.267 e. The predicted molar refractivity (Wildman–Crippen MR) is 103 cm³/mol. The fourth-order valence-corrected chi connectivity index (χ4v) is 4.18. The Morgan fingerprint density at radius 2 is 1.54 bits per heavy atom. The number of rotatable bonds is 2. The van der Waals surface area contributed by atoms with E-state index in [0.717, 1.165) is 27.3 Å². The summed E-state index contributed by atoms with van der Waals surface area (Å²) in [7, 11) is 0. The van der Waals surface area contributed by atoms with Crippen molar-refractivity contribution >= 4 is 63.7 Å². The van der Waals surface area contributed by atoms with E-state index in [1.165, 1.54) is 0 Å². The third-order valence-electron chi connectivity index (χ3n) is 3.89. The summed E-state index contributed by atoms with van der Waals surface area (Å²) in [6.07, 6.45) is 1.63. The van der Waals surface area contributed by atoms with Gasteiger partial charge in [0.05, 0.1) is 16.0 Å². The molecule has 1 saturated heterocycles. The molecule has 3 amide bonds. The van der Waals surface area contributed by atoms with Gasteiger partial charge in [0.25, 0.3) is 17.7 Å². The molecule has 0 atom stereocenters.